The molecule has 33 heavy (non-hydrogen) atoms. The van der Waals surface area contributed by atoms with Crippen LogP contribution in [0.4, 0.5) is 4.39 Å². The zero-order valence-electron chi connectivity index (χ0n) is 18.7. The maximum absolute atomic E-state index is 14.0. The first-order valence-corrected chi connectivity index (χ1v) is 11.3. The van der Waals surface area contributed by atoms with E-state index in [9.17, 15) is 9.18 Å². The molecule has 9 heteroatoms. The van der Waals surface area contributed by atoms with Crippen LogP contribution in [-0.2, 0) is 11.3 Å². The molecule has 1 amide bonds. The summed E-state index contributed by atoms with van der Waals surface area (Å²) in [4.78, 5) is 17.5. The summed E-state index contributed by atoms with van der Waals surface area (Å²) < 4.78 is 30.3. The van der Waals surface area contributed by atoms with Gasteiger partial charge in [-0.05, 0) is 35.4 Å². The first-order chi connectivity index (χ1) is 16.1. The zero-order valence-corrected chi connectivity index (χ0v) is 18.7. The molecule has 176 valence electrons. The highest BCUT2D eigenvalue weighted by Crippen LogP contribution is 2.35. The number of ether oxygens (including phenoxy) is 3. The standard InChI is InChI=1S/C24H29FN4O4/c1-31-20-4-2-16(12-19(20)25)15-28-6-8-29(9-7-28)24(30)18-14-26-27-23(18)17-3-5-21-22(13-17)33-11-10-32-21/h2-5,12-13,18,23,26-27H,6-11,14-15H2,1H3. The molecule has 8 nitrogen and oxygen atoms in total. The maximum Gasteiger partial charge on any atom is 0.229 e. The average Bonchev–Trinajstić information content (AvgIpc) is 3.34. The molecule has 0 saturated carbocycles. The first-order valence-electron chi connectivity index (χ1n) is 11.3. The molecular weight excluding hydrogens is 427 g/mol. The molecule has 0 bridgehead atoms. The van der Waals surface area contributed by atoms with Crippen molar-refractivity contribution in [3.05, 3.63) is 53.3 Å². The Balaban J connectivity index is 1.19. The van der Waals surface area contributed by atoms with Gasteiger partial charge in [0.1, 0.15) is 13.2 Å². The van der Waals surface area contributed by atoms with Gasteiger partial charge in [0.25, 0.3) is 0 Å². The van der Waals surface area contributed by atoms with Gasteiger partial charge in [-0.15, -0.1) is 0 Å². The van der Waals surface area contributed by atoms with E-state index in [4.69, 9.17) is 14.2 Å². The van der Waals surface area contributed by atoms with Crippen LogP contribution in [0.1, 0.15) is 17.2 Å². The number of hydrogen-bond donors (Lipinski definition) is 2. The van der Waals surface area contributed by atoms with Gasteiger partial charge in [0.2, 0.25) is 5.91 Å². The van der Waals surface area contributed by atoms with Gasteiger partial charge < -0.3 is 19.1 Å². The molecule has 2 aromatic rings. The quantitative estimate of drug-likeness (QED) is 0.710. The maximum atomic E-state index is 14.0. The lowest BCUT2D eigenvalue weighted by atomic mass is 9.93. The van der Waals surface area contributed by atoms with Crippen LogP contribution in [-0.4, -0.2) is 68.8 Å². The van der Waals surface area contributed by atoms with Gasteiger partial charge in [-0.25, -0.2) is 9.82 Å². The molecule has 0 aliphatic carbocycles. The lowest BCUT2D eigenvalue weighted by Crippen LogP contribution is -2.50. The summed E-state index contributed by atoms with van der Waals surface area (Å²) in [5.74, 6) is 1.31. The van der Waals surface area contributed by atoms with Crippen molar-refractivity contribution in [1.82, 2.24) is 20.7 Å². The molecule has 2 atom stereocenters. The molecule has 0 aromatic heterocycles. The number of nitrogens with one attached hydrogen (secondary N) is 2. The molecule has 2 N–H and O–H groups in total. The number of rotatable bonds is 5. The lowest BCUT2D eigenvalue weighted by molar-refractivity contribution is -0.137. The molecule has 2 unspecified atom stereocenters. The Labute approximate surface area is 192 Å². The van der Waals surface area contributed by atoms with Gasteiger partial charge in [0.05, 0.1) is 19.1 Å². The van der Waals surface area contributed by atoms with Gasteiger partial charge in [-0.3, -0.25) is 15.1 Å². The number of benzene rings is 2. The topological polar surface area (TPSA) is 75.3 Å². The number of methoxy groups -OCH3 is 1. The Bertz CT molecular complexity index is 1010. The van der Waals surface area contributed by atoms with Crippen LogP contribution in [0.15, 0.2) is 36.4 Å². The molecule has 2 fully saturated rings. The van der Waals surface area contributed by atoms with Crippen LogP contribution in [0.5, 0.6) is 17.2 Å². The Morgan fingerprint density at radius 2 is 1.88 bits per heavy atom. The predicted molar refractivity (Wildman–Crippen MR) is 120 cm³/mol. The first kappa shape index (κ1) is 21.9. The fourth-order valence-electron chi connectivity index (χ4n) is 4.72. The zero-order chi connectivity index (χ0) is 22.8. The second kappa shape index (κ2) is 9.54. The Morgan fingerprint density at radius 1 is 1.09 bits per heavy atom. The number of fused-ring (bicyclic) bond motifs is 1. The molecule has 3 aliphatic heterocycles. The molecule has 2 saturated heterocycles. The summed E-state index contributed by atoms with van der Waals surface area (Å²) in [6, 6.07) is 10.8. The number of hydrogen-bond acceptors (Lipinski definition) is 7. The van der Waals surface area contributed by atoms with Crippen LogP contribution < -0.4 is 25.1 Å². The minimum atomic E-state index is -0.352. The van der Waals surface area contributed by atoms with Crippen molar-refractivity contribution >= 4 is 5.91 Å². The molecular formula is C24H29FN4O4. The summed E-state index contributed by atoms with van der Waals surface area (Å²) >= 11 is 0. The summed E-state index contributed by atoms with van der Waals surface area (Å²) in [6.07, 6.45) is 0. The largest absolute Gasteiger partial charge is 0.494 e. The monoisotopic (exact) mass is 456 g/mol. The van der Waals surface area contributed by atoms with E-state index in [1.54, 1.807) is 6.07 Å². The van der Waals surface area contributed by atoms with Crippen LogP contribution in [0.3, 0.4) is 0 Å². The highest BCUT2D eigenvalue weighted by molar-refractivity contribution is 5.80. The number of amides is 1. The highest BCUT2D eigenvalue weighted by atomic mass is 19.1. The van der Waals surface area contributed by atoms with Crippen molar-refractivity contribution in [2.75, 3.05) is 53.0 Å². The van der Waals surface area contributed by atoms with E-state index in [1.165, 1.54) is 13.2 Å². The fourth-order valence-corrected chi connectivity index (χ4v) is 4.72. The Kier molecular flexibility index (Phi) is 6.34. The molecule has 3 heterocycles. The van der Waals surface area contributed by atoms with Crippen molar-refractivity contribution in [1.29, 1.82) is 0 Å². The third-order valence-electron chi connectivity index (χ3n) is 6.53. The molecule has 2 aromatic carbocycles. The van der Waals surface area contributed by atoms with E-state index in [0.717, 1.165) is 35.7 Å². The van der Waals surface area contributed by atoms with E-state index in [1.807, 2.05) is 29.2 Å². The number of carbonyl (C=O) groups excluding carboxylic acids is 1. The summed E-state index contributed by atoms with van der Waals surface area (Å²) in [7, 11) is 1.46. The minimum Gasteiger partial charge on any atom is -0.494 e. The van der Waals surface area contributed by atoms with Crippen molar-refractivity contribution in [3.8, 4) is 17.2 Å². The van der Waals surface area contributed by atoms with Crippen molar-refractivity contribution in [3.63, 3.8) is 0 Å². The smallest absolute Gasteiger partial charge is 0.229 e. The Morgan fingerprint density at radius 3 is 2.64 bits per heavy atom. The van der Waals surface area contributed by atoms with Crippen molar-refractivity contribution in [2.45, 2.75) is 12.6 Å². The third kappa shape index (κ3) is 4.62. The molecule has 5 rings (SSSR count). The second-order valence-corrected chi connectivity index (χ2v) is 8.58. The van der Waals surface area contributed by atoms with Crippen LogP contribution in [0, 0.1) is 11.7 Å². The van der Waals surface area contributed by atoms with Gasteiger partial charge in [0.15, 0.2) is 23.1 Å². The van der Waals surface area contributed by atoms with Crippen LogP contribution in [0.2, 0.25) is 0 Å². The summed E-state index contributed by atoms with van der Waals surface area (Å²) in [5.41, 5.74) is 8.31. The summed E-state index contributed by atoms with van der Waals surface area (Å²) in [5, 5.41) is 0. The highest BCUT2D eigenvalue weighted by Gasteiger charge is 2.37. The summed E-state index contributed by atoms with van der Waals surface area (Å²) in [6.45, 7) is 5.12. The molecule has 0 spiro atoms. The van der Waals surface area contributed by atoms with E-state index >= 15 is 0 Å². The van der Waals surface area contributed by atoms with Crippen LogP contribution in [0.25, 0.3) is 0 Å². The van der Waals surface area contributed by atoms with Crippen molar-refractivity contribution in [2.24, 2.45) is 5.92 Å². The number of carbonyl (C=O) groups is 1. The van der Waals surface area contributed by atoms with E-state index in [2.05, 4.69) is 15.8 Å². The van der Waals surface area contributed by atoms with Gasteiger partial charge in [-0.2, -0.15) is 0 Å². The van der Waals surface area contributed by atoms with E-state index in [-0.39, 0.29) is 29.4 Å². The predicted octanol–water partition coefficient (Wildman–Crippen LogP) is 1.71. The van der Waals surface area contributed by atoms with E-state index < -0.39 is 0 Å². The number of halogens is 1. The van der Waals surface area contributed by atoms with Gasteiger partial charge >= 0.3 is 0 Å². The van der Waals surface area contributed by atoms with Crippen molar-refractivity contribution < 1.29 is 23.4 Å². The normalized spacial score (nSPS) is 22.9. The number of piperazine rings is 1. The minimum absolute atomic E-state index is 0.131. The second-order valence-electron chi connectivity index (χ2n) is 8.58. The van der Waals surface area contributed by atoms with E-state index in [0.29, 0.717) is 39.4 Å². The number of hydrazine groups is 1. The Hall–Kier alpha value is -2.88. The van der Waals surface area contributed by atoms with Gasteiger partial charge in [-0.1, -0.05) is 12.1 Å². The number of nitrogens with zero attached hydrogens (tertiary/aromatic N) is 2. The van der Waals surface area contributed by atoms with Gasteiger partial charge in [0, 0.05) is 39.3 Å². The lowest BCUT2D eigenvalue weighted by Gasteiger charge is -2.36. The molecule has 0 radical (unpaired) electrons. The average molecular weight is 457 g/mol. The van der Waals surface area contributed by atoms with Crippen LogP contribution >= 0.6 is 0 Å². The molecule has 3 aliphatic rings. The third-order valence-corrected chi connectivity index (χ3v) is 6.53. The fraction of sp³-hybridized carbons (Fsp3) is 0.458. The SMILES string of the molecule is COc1ccc(CN2CCN(C(=O)C3CNNC3c3ccc4c(c3)OCCO4)CC2)cc1F.